The monoisotopic (exact) mass is 1160 g/mol. The van der Waals surface area contributed by atoms with E-state index in [0.717, 1.165) is 169 Å². The second-order valence-electron chi connectivity index (χ2n) is 26.1. The Morgan fingerprint density at radius 3 is 0.713 bits per heavy atom. The zero-order valence-electron chi connectivity index (χ0n) is 54.8. The van der Waals surface area contributed by atoms with Crippen molar-refractivity contribution >= 4 is 25.5 Å². The van der Waals surface area contributed by atoms with Crippen LogP contribution in [-0.2, 0) is 32.5 Å². The number of unbranched alkanes of at least 4 members (excludes halogenated alkanes) is 30. The molecule has 0 radical (unpaired) electrons. The van der Waals surface area contributed by atoms with Crippen molar-refractivity contribution in [3.8, 4) is 0 Å². The number of hydrogen-bond donors (Lipinski definition) is 3. The van der Waals surface area contributed by atoms with Crippen LogP contribution < -0.4 is 16.0 Å². The number of hydrogen-bond acceptors (Lipinski definition) is 7. The van der Waals surface area contributed by atoms with Crippen LogP contribution in [0.3, 0.4) is 0 Å². The van der Waals surface area contributed by atoms with Gasteiger partial charge in [0.1, 0.15) is 0 Å². The molecule has 3 N–H and O–H groups in total. The fourth-order valence-corrected chi connectivity index (χ4v) is 12.0. The van der Waals surface area contributed by atoms with E-state index >= 15 is 0 Å². The first kappa shape index (κ1) is 78.4. The fourth-order valence-electron chi connectivity index (χ4n) is 10.7. The highest BCUT2D eigenvalue weighted by atomic mass is 31.2. The van der Waals surface area contributed by atoms with Crippen LogP contribution in [-0.4, -0.2) is 152 Å². The molecule has 0 aliphatic rings. The molecule has 0 aromatic heterocycles. The molecule has 13 nitrogen and oxygen atoms in total. The van der Waals surface area contributed by atoms with Crippen molar-refractivity contribution in [3.05, 3.63) is 0 Å². The van der Waals surface area contributed by atoms with Gasteiger partial charge in [0.25, 0.3) is 0 Å². The van der Waals surface area contributed by atoms with E-state index in [1.807, 2.05) is 0 Å². The van der Waals surface area contributed by atoms with Crippen molar-refractivity contribution in [1.29, 1.82) is 0 Å². The Bertz CT molecular complexity index is 1300. The highest BCUT2D eigenvalue weighted by molar-refractivity contribution is 7.48. The number of quaternary nitrogens is 3. The minimum Gasteiger partial charge on any atom is -0.356 e. The minimum atomic E-state index is -3.79. The summed E-state index contributed by atoms with van der Waals surface area (Å²) in [5.74, 6) is 0.544. The predicted molar refractivity (Wildman–Crippen MR) is 341 cm³/mol. The van der Waals surface area contributed by atoms with E-state index in [-0.39, 0.29) is 17.7 Å². The quantitative estimate of drug-likeness (QED) is 0.0314. The van der Waals surface area contributed by atoms with E-state index in [1.54, 1.807) is 0 Å². The Morgan fingerprint density at radius 2 is 0.487 bits per heavy atom. The second-order valence-corrected chi connectivity index (χ2v) is 27.8. The van der Waals surface area contributed by atoms with Crippen LogP contribution in [0.15, 0.2) is 0 Å². The molecule has 476 valence electrons. The summed E-state index contributed by atoms with van der Waals surface area (Å²) in [6, 6.07) is 0. The Labute approximate surface area is 496 Å². The van der Waals surface area contributed by atoms with E-state index in [9.17, 15) is 18.9 Å². The van der Waals surface area contributed by atoms with Gasteiger partial charge in [0.15, 0.2) is 0 Å². The zero-order valence-corrected chi connectivity index (χ0v) is 55.7. The van der Waals surface area contributed by atoms with Gasteiger partial charge in [-0.3, -0.25) is 28.0 Å². The predicted octanol–water partition coefficient (Wildman–Crippen LogP) is 16.2. The molecule has 0 saturated carbocycles. The summed E-state index contributed by atoms with van der Waals surface area (Å²) in [5.41, 5.74) is 0. The number of phosphoric acid groups is 1. The normalized spacial score (nSPS) is 12.4. The lowest BCUT2D eigenvalue weighted by Gasteiger charge is -2.31. The number of carbonyl (C=O) groups is 3. The van der Waals surface area contributed by atoms with Crippen LogP contribution >= 0.6 is 7.82 Å². The summed E-state index contributed by atoms with van der Waals surface area (Å²) in [7, 11) is 9.56. The average Bonchev–Trinajstić information content (AvgIpc) is 3.41. The standard InChI is InChI=1S/C66H135N6O7P/c1-10-13-16-19-22-25-28-31-34-37-49-64(73)67-52-40-43-55-70(4,5)58-46-61-77-80(76,78-62-47-59-71(6,7)56-44-41-53-68-65(74)50-38-35-32-29-26-23-20-17-14-11-2)79-63-48-60-72(8,9)57-45-42-54-69-66(75)51-39-36-33-30-27-24-21-18-15-12-3/h10-63H2,1-9H3/p+3. The molecule has 3 amide bonds. The van der Waals surface area contributed by atoms with Gasteiger partial charge in [-0.1, -0.05) is 194 Å². The van der Waals surface area contributed by atoms with Gasteiger partial charge in [-0.05, 0) is 57.8 Å². The molecule has 0 heterocycles. The Balaban J connectivity index is 4.79. The number of nitrogens with zero attached hydrogens (tertiary/aromatic N) is 3. The lowest BCUT2D eigenvalue weighted by Crippen LogP contribution is -2.42. The molecular formula is C66H138N6O7P+3. The Hall–Kier alpha value is -1.60. The van der Waals surface area contributed by atoms with Crippen molar-refractivity contribution in [3.63, 3.8) is 0 Å². The number of rotatable bonds is 63. The maximum Gasteiger partial charge on any atom is 0.474 e. The van der Waals surface area contributed by atoms with Crippen molar-refractivity contribution in [2.24, 2.45) is 0 Å². The molecule has 0 aromatic rings. The van der Waals surface area contributed by atoms with Gasteiger partial charge in [0.2, 0.25) is 17.7 Å². The number of carbonyl (C=O) groups excluding carboxylic acids is 3. The summed E-state index contributed by atoms with van der Waals surface area (Å²) in [6.07, 6.45) is 48.3. The lowest BCUT2D eigenvalue weighted by molar-refractivity contribution is -0.890. The van der Waals surface area contributed by atoms with Crippen LogP contribution in [0.25, 0.3) is 0 Å². The molecule has 0 aliphatic heterocycles. The fraction of sp³-hybridized carbons (Fsp3) is 0.955. The van der Waals surface area contributed by atoms with Crippen molar-refractivity contribution in [2.45, 2.75) is 290 Å². The Kier molecular flexibility index (Phi) is 53.0. The molecule has 0 aromatic carbocycles. The molecule has 0 rings (SSSR count). The van der Waals surface area contributed by atoms with E-state index in [4.69, 9.17) is 13.6 Å². The highest BCUT2D eigenvalue weighted by Gasteiger charge is 2.29. The molecule has 0 bridgehead atoms. The molecule has 80 heavy (non-hydrogen) atoms. The number of nitrogens with one attached hydrogen (secondary N) is 3. The molecule has 0 saturated heterocycles. The molecule has 0 atom stereocenters. The molecule has 14 heteroatoms. The maximum atomic E-state index is 14.2. The number of phosphoric ester groups is 1. The van der Waals surface area contributed by atoms with Gasteiger partial charge in [0, 0.05) is 58.2 Å². The first-order chi connectivity index (χ1) is 38.5. The van der Waals surface area contributed by atoms with Gasteiger partial charge in [0.05, 0.1) is 101 Å². The topological polar surface area (TPSA) is 132 Å². The SMILES string of the molecule is CCCCCCCCCCCCC(=O)NCCCC[N+](C)(C)CCCOP(=O)(OCCC[N+](C)(C)CCCCNC(=O)CCCCCCCCCCCC)OCCC[N+](C)(C)CCCCNC(=O)CCCCCCCCCCCC. The molecule has 0 spiro atoms. The van der Waals surface area contributed by atoms with Crippen LogP contribution in [0.1, 0.15) is 290 Å². The van der Waals surface area contributed by atoms with Gasteiger partial charge in [-0.15, -0.1) is 0 Å². The Morgan fingerprint density at radius 1 is 0.287 bits per heavy atom. The van der Waals surface area contributed by atoms with Gasteiger partial charge in [-0.2, -0.15) is 0 Å². The largest absolute Gasteiger partial charge is 0.474 e. The summed E-state index contributed by atoms with van der Waals surface area (Å²) in [4.78, 5) is 37.3. The minimum absolute atomic E-state index is 0.181. The third-order valence-electron chi connectivity index (χ3n) is 16.3. The van der Waals surface area contributed by atoms with Crippen molar-refractivity contribution in [1.82, 2.24) is 16.0 Å². The summed E-state index contributed by atoms with van der Waals surface area (Å²) in [6.45, 7) is 15.4. The smallest absolute Gasteiger partial charge is 0.356 e. The third kappa shape index (κ3) is 55.6. The van der Waals surface area contributed by atoms with Crippen LogP contribution in [0.4, 0.5) is 0 Å². The molecular weight excluding hydrogens is 1020 g/mol. The first-order valence-corrected chi connectivity index (χ1v) is 35.7. The van der Waals surface area contributed by atoms with Gasteiger partial charge in [-0.25, -0.2) is 4.57 Å². The van der Waals surface area contributed by atoms with E-state index in [1.165, 1.54) is 154 Å². The third-order valence-corrected chi connectivity index (χ3v) is 17.8. The maximum absolute atomic E-state index is 14.2. The molecule has 0 aliphatic carbocycles. The van der Waals surface area contributed by atoms with E-state index in [0.29, 0.717) is 39.1 Å². The zero-order chi connectivity index (χ0) is 59.2. The number of amides is 3. The molecule has 0 fully saturated rings. The average molecular weight is 1160 g/mol. The van der Waals surface area contributed by atoms with E-state index in [2.05, 4.69) is 79.0 Å². The van der Waals surface area contributed by atoms with Gasteiger partial charge >= 0.3 is 7.82 Å². The van der Waals surface area contributed by atoms with Crippen molar-refractivity contribution < 1.29 is 46.0 Å². The lowest BCUT2D eigenvalue weighted by atomic mass is 10.1. The van der Waals surface area contributed by atoms with Crippen LogP contribution in [0.2, 0.25) is 0 Å². The highest BCUT2D eigenvalue weighted by Crippen LogP contribution is 2.49. The van der Waals surface area contributed by atoms with Crippen LogP contribution in [0, 0.1) is 0 Å². The van der Waals surface area contributed by atoms with Gasteiger partial charge < -0.3 is 29.4 Å². The van der Waals surface area contributed by atoms with Crippen molar-refractivity contribution in [2.75, 3.05) is 121 Å². The molecule has 0 unspecified atom stereocenters. The summed E-state index contributed by atoms with van der Waals surface area (Å²) in [5, 5.41) is 9.41. The summed E-state index contributed by atoms with van der Waals surface area (Å²) >= 11 is 0. The van der Waals surface area contributed by atoms with Crippen LogP contribution in [0.5, 0.6) is 0 Å². The second kappa shape index (κ2) is 54.1. The first-order valence-electron chi connectivity index (χ1n) is 34.3. The van der Waals surface area contributed by atoms with E-state index < -0.39 is 7.82 Å². The summed E-state index contributed by atoms with van der Waals surface area (Å²) < 4.78 is 34.8.